The molecule has 0 unspecified atom stereocenters. The molecule has 1 atom stereocenters. The third kappa shape index (κ3) is 4.83. The minimum Gasteiger partial charge on any atom is -0.491 e. The average Bonchev–Trinajstić information content (AvgIpc) is 2.85. The highest BCUT2D eigenvalue weighted by Gasteiger charge is 2.37. The molecular weight excluding hydrogens is 338 g/mol. The van der Waals surface area contributed by atoms with Crippen LogP contribution in [0.25, 0.3) is 0 Å². The zero-order chi connectivity index (χ0) is 17.0. The first-order valence-corrected chi connectivity index (χ1v) is 7.41. The second-order valence-corrected chi connectivity index (χ2v) is 5.58. The first-order valence-electron chi connectivity index (χ1n) is 6.43. The van der Waals surface area contributed by atoms with Crippen LogP contribution in [0.5, 0.6) is 5.75 Å². The van der Waals surface area contributed by atoms with Crippen LogP contribution in [0, 0.1) is 5.82 Å². The second kappa shape index (κ2) is 7.18. The fourth-order valence-corrected chi connectivity index (χ4v) is 2.45. The Balaban J connectivity index is 1.84. The lowest BCUT2D eigenvalue weighted by Gasteiger charge is -2.12. The van der Waals surface area contributed by atoms with E-state index in [4.69, 9.17) is 4.74 Å². The van der Waals surface area contributed by atoms with Crippen molar-refractivity contribution in [2.24, 2.45) is 7.05 Å². The molecule has 5 nitrogen and oxygen atoms in total. The number of nitrogens with zero attached hydrogens (tertiary/aromatic N) is 3. The van der Waals surface area contributed by atoms with E-state index in [9.17, 15) is 22.7 Å². The summed E-state index contributed by atoms with van der Waals surface area (Å²) in [5, 5.41) is 16.4. The van der Waals surface area contributed by atoms with Crippen molar-refractivity contribution in [3.05, 3.63) is 35.9 Å². The van der Waals surface area contributed by atoms with Crippen LogP contribution in [0.4, 0.5) is 17.6 Å². The molecule has 0 aliphatic heterocycles. The van der Waals surface area contributed by atoms with Crippen molar-refractivity contribution in [1.29, 1.82) is 0 Å². The summed E-state index contributed by atoms with van der Waals surface area (Å²) in [6.45, 7) is -0.0807. The Bertz CT molecular complexity index is 646. The Morgan fingerprint density at radius 2 is 1.91 bits per heavy atom. The number of hydrogen-bond acceptors (Lipinski definition) is 5. The van der Waals surface area contributed by atoms with E-state index < -0.39 is 23.9 Å². The number of aromatic nitrogens is 3. The molecular formula is C13H13F4N3O2S. The fourth-order valence-electron chi connectivity index (χ4n) is 1.63. The van der Waals surface area contributed by atoms with E-state index in [1.165, 1.54) is 31.3 Å². The molecule has 0 aliphatic rings. The van der Waals surface area contributed by atoms with Gasteiger partial charge < -0.3 is 14.4 Å². The van der Waals surface area contributed by atoms with Crippen LogP contribution in [0.1, 0.15) is 5.82 Å². The summed E-state index contributed by atoms with van der Waals surface area (Å²) in [5.74, 6) is -1.05. The van der Waals surface area contributed by atoms with Crippen LogP contribution in [0.3, 0.4) is 0 Å². The molecule has 0 bridgehead atoms. The number of thioether (sulfide) groups is 1. The van der Waals surface area contributed by atoms with Gasteiger partial charge in [0.25, 0.3) is 0 Å². The van der Waals surface area contributed by atoms with Gasteiger partial charge in [0.2, 0.25) is 5.82 Å². The highest BCUT2D eigenvalue weighted by molar-refractivity contribution is 7.99. The van der Waals surface area contributed by atoms with E-state index in [1.54, 1.807) is 0 Å². The van der Waals surface area contributed by atoms with E-state index in [0.717, 1.165) is 16.3 Å². The summed E-state index contributed by atoms with van der Waals surface area (Å²) in [5.41, 5.74) is 0. The standard InChI is InChI=1S/C13H13F4N3O2S/c1-20-11(13(15,16)17)18-19-12(20)23-7-9(21)6-22-10-4-2-8(14)3-5-10/h2-5,9,21H,6-7H2,1H3/t9-/m1/s1. The monoisotopic (exact) mass is 351 g/mol. The Hall–Kier alpha value is -1.81. The van der Waals surface area contributed by atoms with E-state index in [0.29, 0.717) is 5.75 Å². The number of halogens is 4. The SMILES string of the molecule is Cn1c(SC[C@H](O)COc2ccc(F)cc2)nnc1C(F)(F)F. The van der Waals surface area contributed by atoms with E-state index >= 15 is 0 Å². The van der Waals surface area contributed by atoms with Gasteiger partial charge in [0, 0.05) is 12.8 Å². The van der Waals surface area contributed by atoms with Gasteiger partial charge in [-0.25, -0.2) is 4.39 Å². The summed E-state index contributed by atoms with van der Waals surface area (Å²) < 4.78 is 56.5. The summed E-state index contributed by atoms with van der Waals surface area (Å²) in [7, 11) is 1.20. The van der Waals surface area contributed by atoms with E-state index in [2.05, 4.69) is 10.2 Å². The first-order chi connectivity index (χ1) is 10.8. The Morgan fingerprint density at radius 1 is 1.26 bits per heavy atom. The van der Waals surface area contributed by atoms with Gasteiger partial charge in [-0.1, -0.05) is 11.8 Å². The smallest absolute Gasteiger partial charge is 0.451 e. The average molecular weight is 351 g/mol. The van der Waals surface area contributed by atoms with Gasteiger partial charge in [0.15, 0.2) is 5.16 Å². The third-order valence-electron chi connectivity index (χ3n) is 2.75. The van der Waals surface area contributed by atoms with Gasteiger partial charge in [-0.05, 0) is 24.3 Å². The number of aliphatic hydroxyl groups is 1. The lowest BCUT2D eigenvalue weighted by Crippen LogP contribution is -2.20. The summed E-state index contributed by atoms with van der Waals surface area (Å²) in [6, 6.07) is 5.25. The Labute approximate surface area is 133 Å². The molecule has 0 saturated heterocycles. The lowest BCUT2D eigenvalue weighted by molar-refractivity contribution is -0.147. The van der Waals surface area contributed by atoms with Gasteiger partial charge in [-0.15, -0.1) is 10.2 Å². The van der Waals surface area contributed by atoms with Gasteiger partial charge in [-0.2, -0.15) is 13.2 Å². The van der Waals surface area contributed by atoms with Crippen LogP contribution in [0.2, 0.25) is 0 Å². The molecule has 0 saturated carbocycles. The molecule has 2 rings (SSSR count). The van der Waals surface area contributed by atoms with Gasteiger partial charge in [0.05, 0.1) is 6.10 Å². The minimum absolute atomic E-state index is 0.0400. The molecule has 0 aliphatic carbocycles. The number of hydrogen-bond donors (Lipinski definition) is 1. The van der Waals surface area contributed by atoms with E-state index in [1.807, 2.05) is 0 Å². The predicted octanol–water partition coefficient (Wildman–Crippen LogP) is 2.51. The number of rotatable bonds is 6. The molecule has 1 aromatic carbocycles. The van der Waals surface area contributed by atoms with Crippen LogP contribution < -0.4 is 4.74 Å². The minimum atomic E-state index is -4.58. The second-order valence-electron chi connectivity index (χ2n) is 4.59. The molecule has 10 heteroatoms. The summed E-state index contributed by atoms with van der Waals surface area (Å²) >= 11 is 0.929. The topological polar surface area (TPSA) is 60.2 Å². The molecule has 0 radical (unpaired) electrons. The maximum Gasteiger partial charge on any atom is 0.451 e. The maximum atomic E-state index is 12.7. The number of benzene rings is 1. The van der Waals surface area contributed by atoms with Crippen molar-refractivity contribution in [3.63, 3.8) is 0 Å². The number of aliphatic hydroxyl groups excluding tert-OH is 1. The fraction of sp³-hybridized carbons (Fsp3) is 0.385. The van der Waals surface area contributed by atoms with Crippen molar-refractivity contribution < 1.29 is 27.4 Å². The summed E-state index contributed by atoms with van der Waals surface area (Å²) in [6.07, 6.45) is -5.51. The van der Waals surface area contributed by atoms with Crippen molar-refractivity contribution in [2.75, 3.05) is 12.4 Å². The Morgan fingerprint density at radius 3 is 2.48 bits per heavy atom. The van der Waals surface area contributed by atoms with Crippen LogP contribution in [-0.2, 0) is 13.2 Å². The highest BCUT2D eigenvalue weighted by atomic mass is 32.2. The largest absolute Gasteiger partial charge is 0.491 e. The molecule has 0 fully saturated rings. The lowest BCUT2D eigenvalue weighted by atomic mass is 10.3. The van der Waals surface area contributed by atoms with Crippen molar-refractivity contribution in [1.82, 2.24) is 14.8 Å². The first kappa shape index (κ1) is 17.5. The van der Waals surface area contributed by atoms with Gasteiger partial charge >= 0.3 is 6.18 Å². The maximum absolute atomic E-state index is 12.7. The van der Waals surface area contributed by atoms with Crippen molar-refractivity contribution in [2.45, 2.75) is 17.4 Å². The Kier molecular flexibility index (Phi) is 5.47. The number of ether oxygens (including phenoxy) is 1. The molecule has 1 N–H and O–H groups in total. The molecule has 126 valence electrons. The quantitative estimate of drug-likeness (QED) is 0.640. The van der Waals surface area contributed by atoms with Gasteiger partial charge in [0.1, 0.15) is 18.2 Å². The zero-order valence-corrected chi connectivity index (χ0v) is 12.7. The van der Waals surface area contributed by atoms with Crippen molar-refractivity contribution >= 4 is 11.8 Å². The molecule has 1 aromatic heterocycles. The van der Waals surface area contributed by atoms with E-state index in [-0.39, 0.29) is 17.5 Å². The molecule has 23 heavy (non-hydrogen) atoms. The highest BCUT2D eigenvalue weighted by Crippen LogP contribution is 2.29. The normalized spacial score (nSPS) is 13.1. The molecule has 2 aromatic rings. The summed E-state index contributed by atoms with van der Waals surface area (Å²) in [4.78, 5) is 0. The molecule has 1 heterocycles. The predicted molar refractivity (Wildman–Crippen MR) is 74.6 cm³/mol. The van der Waals surface area contributed by atoms with Crippen LogP contribution >= 0.6 is 11.8 Å². The molecule has 0 amide bonds. The number of alkyl halides is 3. The van der Waals surface area contributed by atoms with Gasteiger partial charge in [-0.3, -0.25) is 0 Å². The zero-order valence-electron chi connectivity index (χ0n) is 11.9. The van der Waals surface area contributed by atoms with Crippen molar-refractivity contribution in [3.8, 4) is 5.75 Å². The molecule has 0 spiro atoms. The third-order valence-corrected chi connectivity index (χ3v) is 3.91. The van der Waals surface area contributed by atoms with Crippen LogP contribution in [0.15, 0.2) is 29.4 Å². The van der Waals surface area contributed by atoms with Crippen LogP contribution in [-0.4, -0.2) is 38.3 Å².